The highest BCUT2D eigenvalue weighted by atomic mass is 16.2. The van der Waals surface area contributed by atoms with Crippen molar-refractivity contribution in [2.75, 3.05) is 40.3 Å². The first-order valence-electron chi connectivity index (χ1n) is 6.17. The zero-order valence-corrected chi connectivity index (χ0v) is 11.0. The van der Waals surface area contributed by atoms with Crippen molar-refractivity contribution in [1.82, 2.24) is 15.1 Å². The minimum absolute atomic E-state index is 0.236. The second-order valence-electron chi connectivity index (χ2n) is 5.05. The largest absolute Gasteiger partial charge is 0.342 e. The number of nitrogens with zero attached hydrogens (tertiary/aromatic N) is 2. The van der Waals surface area contributed by atoms with Crippen LogP contribution in [0.4, 0.5) is 0 Å². The molecule has 0 aromatic rings. The first-order valence-corrected chi connectivity index (χ1v) is 6.17. The number of rotatable bonds is 5. The summed E-state index contributed by atoms with van der Waals surface area (Å²) in [4.78, 5) is 16.0. The summed E-state index contributed by atoms with van der Waals surface area (Å²) in [5, 5.41) is 3.20. The van der Waals surface area contributed by atoms with E-state index >= 15 is 0 Å². The van der Waals surface area contributed by atoms with Gasteiger partial charge < -0.3 is 10.2 Å². The van der Waals surface area contributed by atoms with Crippen molar-refractivity contribution in [2.24, 2.45) is 5.92 Å². The van der Waals surface area contributed by atoms with Crippen molar-refractivity contribution in [1.29, 1.82) is 0 Å². The lowest BCUT2D eigenvalue weighted by molar-refractivity contribution is -0.132. The van der Waals surface area contributed by atoms with Crippen molar-refractivity contribution in [3.05, 3.63) is 0 Å². The fraction of sp³-hybridized carbons (Fsp3) is 0.917. The van der Waals surface area contributed by atoms with Gasteiger partial charge in [0.1, 0.15) is 0 Å². The summed E-state index contributed by atoms with van der Waals surface area (Å²) in [7, 11) is 3.87. The SMILES string of the molecule is CNCC1CCN(CC(=O)N(C)C(C)C)C1. The van der Waals surface area contributed by atoms with Crippen molar-refractivity contribution in [3.63, 3.8) is 0 Å². The van der Waals surface area contributed by atoms with Crippen LogP contribution in [0.2, 0.25) is 0 Å². The van der Waals surface area contributed by atoms with E-state index in [9.17, 15) is 4.79 Å². The Morgan fingerprint density at radius 1 is 1.56 bits per heavy atom. The fourth-order valence-corrected chi connectivity index (χ4v) is 2.10. The maximum absolute atomic E-state index is 11.9. The average molecular weight is 227 g/mol. The van der Waals surface area contributed by atoms with Gasteiger partial charge in [0.15, 0.2) is 0 Å². The highest BCUT2D eigenvalue weighted by Gasteiger charge is 2.24. The second kappa shape index (κ2) is 6.21. The predicted octanol–water partition coefficient (Wildman–Crippen LogP) is 0.395. The Morgan fingerprint density at radius 2 is 2.25 bits per heavy atom. The molecule has 1 atom stereocenters. The molecule has 1 aliphatic heterocycles. The summed E-state index contributed by atoms with van der Waals surface area (Å²) in [6.07, 6.45) is 1.21. The minimum atomic E-state index is 0.236. The number of carbonyl (C=O) groups is 1. The van der Waals surface area contributed by atoms with Crippen LogP contribution in [0.1, 0.15) is 20.3 Å². The highest BCUT2D eigenvalue weighted by molar-refractivity contribution is 5.78. The highest BCUT2D eigenvalue weighted by Crippen LogP contribution is 2.15. The molecular weight excluding hydrogens is 202 g/mol. The Labute approximate surface area is 99.0 Å². The molecule has 0 saturated carbocycles. The molecule has 1 amide bonds. The van der Waals surface area contributed by atoms with Gasteiger partial charge >= 0.3 is 0 Å². The summed E-state index contributed by atoms with van der Waals surface area (Å²) >= 11 is 0. The lowest BCUT2D eigenvalue weighted by atomic mass is 10.1. The van der Waals surface area contributed by atoms with Gasteiger partial charge in [-0.3, -0.25) is 9.69 Å². The molecule has 1 fully saturated rings. The molecule has 4 nitrogen and oxygen atoms in total. The number of amides is 1. The maximum Gasteiger partial charge on any atom is 0.236 e. The summed E-state index contributed by atoms with van der Waals surface area (Å²) in [5.41, 5.74) is 0. The second-order valence-corrected chi connectivity index (χ2v) is 5.05. The average Bonchev–Trinajstić information content (AvgIpc) is 2.65. The van der Waals surface area contributed by atoms with E-state index in [0.717, 1.165) is 19.6 Å². The molecule has 0 aromatic heterocycles. The Hall–Kier alpha value is -0.610. The Morgan fingerprint density at radius 3 is 2.81 bits per heavy atom. The van der Waals surface area contributed by atoms with Crippen LogP contribution < -0.4 is 5.32 Å². The first kappa shape index (κ1) is 13.5. The molecule has 94 valence electrons. The fourth-order valence-electron chi connectivity index (χ4n) is 2.10. The van der Waals surface area contributed by atoms with Crippen molar-refractivity contribution in [3.8, 4) is 0 Å². The van der Waals surface area contributed by atoms with Crippen LogP contribution in [0.3, 0.4) is 0 Å². The first-order chi connectivity index (χ1) is 7.54. The topological polar surface area (TPSA) is 35.6 Å². The van der Waals surface area contributed by atoms with Gasteiger partial charge in [-0.15, -0.1) is 0 Å². The number of likely N-dealkylation sites (N-methyl/N-ethyl adjacent to an activating group) is 1. The number of likely N-dealkylation sites (tertiary alicyclic amines) is 1. The summed E-state index contributed by atoms with van der Waals surface area (Å²) in [6.45, 7) is 7.85. The molecule has 16 heavy (non-hydrogen) atoms. The minimum Gasteiger partial charge on any atom is -0.342 e. The molecule has 1 aliphatic rings. The molecule has 1 heterocycles. The van der Waals surface area contributed by atoms with Gasteiger partial charge in [-0.1, -0.05) is 0 Å². The molecule has 0 radical (unpaired) electrons. The van der Waals surface area contributed by atoms with Crippen LogP contribution in [0.15, 0.2) is 0 Å². The molecule has 0 bridgehead atoms. The van der Waals surface area contributed by atoms with E-state index < -0.39 is 0 Å². The lowest BCUT2D eigenvalue weighted by Crippen LogP contribution is -2.40. The Bertz CT molecular complexity index is 230. The van der Waals surface area contributed by atoms with Crippen LogP contribution in [0.5, 0.6) is 0 Å². The van der Waals surface area contributed by atoms with Gasteiger partial charge in [-0.2, -0.15) is 0 Å². The number of carbonyl (C=O) groups excluding carboxylic acids is 1. The molecule has 0 aromatic carbocycles. The van der Waals surface area contributed by atoms with Gasteiger partial charge in [0.05, 0.1) is 6.54 Å². The van der Waals surface area contributed by atoms with Gasteiger partial charge in [0.25, 0.3) is 0 Å². The quantitative estimate of drug-likeness (QED) is 0.738. The Balaban J connectivity index is 2.31. The van der Waals surface area contributed by atoms with Crippen LogP contribution in [-0.2, 0) is 4.79 Å². The molecule has 1 N–H and O–H groups in total. The van der Waals surface area contributed by atoms with E-state index in [1.54, 1.807) is 0 Å². The summed E-state index contributed by atoms with van der Waals surface area (Å²) < 4.78 is 0. The van der Waals surface area contributed by atoms with Gasteiger partial charge in [-0.25, -0.2) is 0 Å². The van der Waals surface area contributed by atoms with Crippen LogP contribution in [0.25, 0.3) is 0 Å². The van der Waals surface area contributed by atoms with Crippen LogP contribution in [0, 0.1) is 5.92 Å². The third-order valence-electron chi connectivity index (χ3n) is 3.39. The van der Waals surface area contributed by atoms with Crippen LogP contribution in [-0.4, -0.2) is 62.0 Å². The third-order valence-corrected chi connectivity index (χ3v) is 3.39. The van der Waals surface area contributed by atoms with E-state index in [0.29, 0.717) is 18.5 Å². The Kier molecular flexibility index (Phi) is 5.22. The molecule has 0 spiro atoms. The number of nitrogens with one attached hydrogen (secondary N) is 1. The van der Waals surface area contributed by atoms with E-state index in [4.69, 9.17) is 0 Å². The zero-order chi connectivity index (χ0) is 12.1. The normalized spacial score (nSPS) is 21.7. The number of hydrogen-bond acceptors (Lipinski definition) is 3. The maximum atomic E-state index is 11.9. The van der Waals surface area contributed by atoms with E-state index in [2.05, 4.69) is 10.2 Å². The van der Waals surface area contributed by atoms with Crippen molar-refractivity contribution >= 4 is 5.91 Å². The molecule has 4 heteroatoms. The molecule has 1 unspecified atom stereocenters. The summed E-state index contributed by atoms with van der Waals surface area (Å²) in [6, 6.07) is 0.295. The van der Waals surface area contributed by atoms with E-state index in [-0.39, 0.29) is 5.91 Å². The predicted molar refractivity (Wildman–Crippen MR) is 66.4 cm³/mol. The van der Waals surface area contributed by atoms with Crippen molar-refractivity contribution in [2.45, 2.75) is 26.3 Å². The van der Waals surface area contributed by atoms with Crippen LogP contribution >= 0.6 is 0 Å². The van der Waals surface area contributed by atoms with Gasteiger partial charge in [0, 0.05) is 19.6 Å². The molecular formula is C12H25N3O. The van der Waals surface area contributed by atoms with E-state index in [1.807, 2.05) is 32.8 Å². The van der Waals surface area contributed by atoms with Gasteiger partial charge in [0.2, 0.25) is 5.91 Å². The molecule has 1 saturated heterocycles. The van der Waals surface area contributed by atoms with Gasteiger partial charge in [-0.05, 0) is 46.3 Å². The monoisotopic (exact) mass is 227 g/mol. The molecule has 1 rings (SSSR count). The number of hydrogen-bond donors (Lipinski definition) is 1. The third kappa shape index (κ3) is 3.76. The smallest absolute Gasteiger partial charge is 0.236 e. The van der Waals surface area contributed by atoms with Crippen molar-refractivity contribution < 1.29 is 4.79 Å². The summed E-state index contributed by atoms with van der Waals surface area (Å²) in [5.74, 6) is 0.947. The zero-order valence-electron chi connectivity index (χ0n) is 11.0. The lowest BCUT2D eigenvalue weighted by Gasteiger charge is -2.24. The van der Waals surface area contributed by atoms with E-state index in [1.165, 1.54) is 6.42 Å². The molecule has 0 aliphatic carbocycles. The standard InChI is InChI=1S/C12H25N3O/c1-10(2)14(4)12(16)9-15-6-5-11(8-15)7-13-3/h10-11,13H,5-9H2,1-4H3.